The molecule has 0 aromatic carbocycles. The van der Waals surface area contributed by atoms with Gasteiger partial charge < -0.3 is 43.1 Å². The largest absolute Gasteiger partial charge is 5.00 e. The Morgan fingerprint density at radius 2 is 0.571 bits per heavy atom. The van der Waals surface area contributed by atoms with Crippen LogP contribution in [0.5, 0.6) is 0 Å². The average molecular weight is 314 g/mol. The molecular weight excluding hydrogens is 311 g/mol. The van der Waals surface area contributed by atoms with E-state index in [1.165, 1.54) is 0 Å². The molecule has 0 fully saturated rings. The fourth-order valence-electron chi connectivity index (χ4n) is 0. The maximum atomic E-state index is 8.52. The first-order chi connectivity index (χ1) is 5.20. The van der Waals surface area contributed by atoms with Gasteiger partial charge in [0.2, 0.25) is 0 Å². The summed E-state index contributed by atoms with van der Waals surface area (Å²) in [7, 11) is -10.9. The van der Waals surface area contributed by atoms with Crippen LogP contribution in [-0.4, -0.2) is 0 Å². The number of hydrogen-bond acceptors (Lipinski definition) is 9. The molecule has 9 nitrogen and oxygen atoms in total. The van der Waals surface area contributed by atoms with Crippen LogP contribution in [0.1, 0.15) is 0 Å². The monoisotopic (exact) mass is 314 g/mol. The predicted molar refractivity (Wildman–Crippen MR) is 27.0 cm³/mol. The van der Waals surface area contributed by atoms with Crippen molar-refractivity contribution in [3.8, 4) is 0 Å². The van der Waals surface area contributed by atoms with E-state index in [0.717, 1.165) is 0 Å². The third kappa shape index (κ3) is 576. The molecule has 0 amide bonds. The van der Waals surface area contributed by atoms with Crippen molar-refractivity contribution in [1.29, 1.82) is 0 Å². The van der Waals surface area contributed by atoms with Crippen LogP contribution in [0.3, 0.4) is 0 Å². The van der Waals surface area contributed by atoms with Gasteiger partial charge in [0.05, 0.1) is 0 Å². The van der Waals surface area contributed by atoms with Crippen molar-refractivity contribution in [1.82, 2.24) is 0 Å². The molecule has 0 atom stereocenters. The standard InChI is InChI=1S/Na.3H3O3P.V/c;3*1-4(2)3;/h;3*4H,(H2,1,2,3);/q+1;;;;+5/p-6. The molecule has 0 bridgehead atoms. The fourth-order valence-corrected chi connectivity index (χ4v) is 0. The maximum Gasteiger partial charge on any atom is 5.00 e. The second kappa shape index (κ2) is 24.3. The van der Waals surface area contributed by atoms with Crippen LogP contribution in [0.25, 0.3) is 0 Å². The van der Waals surface area contributed by atoms with Crippen LogP contribution < -0.4 is 58.9 Å². The van der Waals surface area contributed by atoms with Gasteiger partial charge in [-0.3, -0.25) is 0 Å². The zero-order chi connectivity index (χ0) is 10.7. The second-order valence-electron chi connectivity index (χ2n) is 0.750. The summed E-state index contributed by atoms with van der Waals surface area (Å²) < 4.78 is 25.6. The molecule has 0 spiro atoms. The van der Waals surface area contributed by atoms with Gasteiger partial charge in [-0.05, 0) is 0 Å². The van der Waals surface area contributed by atoms with Crippen LogP contribution in [0.15, 0.2) is 0 Å². The molecule has 0 aromatic rings. The number of rotatable bonds is 0. The molecule has 14 heavy (non-hydrogen) atoms. The smallest absolute Gasteiger partial charge is 0.813 e. The Morgan fingerprint density at radius 3 is 0.571 bits per heavy atom. The average Bonchev–Trinajstić information content (AvgIpc) is 1.54. The van der Waals surface area contributed by atoms with Crippen molar-refractivity contribution in [2.24, 2.45) is 0 Å². The van der Waals surface area contributed by atoms with E-state index in [9.17, 15) is 0 Å². The minimum Gasteiger partial charge on any atom is -0.813 e. The molecular formula is H3NaO9P3V. The third-order valence-electron chi connectivity index (χ3n) is 0. The molecule has 0 saturated carbocycles. The minimum atomic E-state index is -3.63. The van der Waals surface area contributed by atoms with E-state index in [2.05, 4.69) is 0 Å². The predicted octanol–water partition coefficient (Wildman–Crippen LogP) is -8.71. The van der Waals surface area contributed by atoms with Crippen LogP contribution >= 0.6 is 24.8 Å². The maximum absolute atomic E-state index is 8.52. The first-order valence-electron chi connectivity index (χ1n) is 1.84. The van der Waals surface area contributed by atoms with Gasteiger partial charge in [0.15, 0.2) is 0 Å². The molecule has 78 valence electrons. The van der Waals surface area contributed by atoms with E-state index < -0.39 is 24.8 Å². The van der Waals surface area contributed by atoms with Crippen LogP contribution in [0, 0.1) is 0 Å². The molecule has 0 saturated heterocycles. The summed E-state index contributed by atoms with van der Waals surface area (Å²) in [6, 6.07) is 0. The molecule has 14 heteroatoms. The Bertz CT molecular complexity index is 118. The molecule has 0 aliphatic carbocycles. The first kappa shape index (κ1) is 29.8. The van der Waals surface area contributed by atoms with Crippen molar-refractivity contribution in [2.75, 3.05) is 0 Å². The van der Waals surface area contributed by atoms with Crippen molar-refractivity contribution in [2.45, 2.75) is 0 Å². The molecule has 0 aromatic heterocycles. The van der Waals surface area contributed by atoms with Gasteiger partial charge in [0, 0.05) is 0 Å². The topological polar surface area (TPSA) is 190 Å². The Balaban J connectivity index is -0.0000000270. The zero-order valence-electron chi connectivity index (χ0n) is 6.62. The summed E-state index contributed by atoms with van der Waals surface area (Å²) in [4.78, 5) is 51.1. The van der Waals surface area contributed by atoms with Crippen molar-refractivity contribution in [3.63, 3.8) is 0 Å². The summed E-state index contributed by atoms with van der Waals surface area (Å²) >= 11 is 0. The van der Waals surface area contributed by atoms with E-state index in [1.54, 1.807) is 0 Å². The van der Waals surface area contributed by atoms with E-state index in [4.69, 9.17) is 43.1 Å². The van der Waals surface area contributed by atoms with Gasteiger partial charge >= 0.3 is 48.1 Å². The van der Waals surface area contributed by atoms with Crippen LogP contribution in [-0.2, 0) is 32.3 Å². The SMILES string of the molecule is O=[PH]([O-])[O-].O=[PH]([O-])[O-].O=[PH]([O-])[O-].[Na+].[V+5]. The normalized spacial score (nSPS) is 7.50. The molecule has 0 radical (unpaired) electrons. The molecule has 0 aliphatic rings. The van der Waals surface area contributed by atoms with Gasteiger partial charge in [-0.1, -0.05) is 24.8 Å². The molecule has 0 heterocycles. The van der Waals surface area contributed by atoms with Gasteiger partial charge in [-0.25, -0.2) is 0 Å². The van der Waals surface area contributed by atoms with Gasteiger partial charge in [-0.2, -0.15) is 0 Å². The van der Waals surface area contributed by atoms with E-state index in [1.807, 2.05) is 0 Å². The number of hydrogen-bond donors (Lipinski definition) is 0. The van der Waals surface area contributed by atoms with E-state index >= 15 is 0 Å². The Kier molecular flexibility index (Phi) is 51.7. The molecule has 0 N–H and O–H groups in total. The summed E-state index contributed by atoms with van der Waals surface area (Å²) in [6.07, 6.45) is 0. The molecule has 0 rings (SSSR count). The summed E-state index contributed by atoms with van der Waals surface area (Å²) in [5.41, 5.74) is 0. The fraction of sp³-hybridized carbons (Fsp3) is 0. The van der Waals surface area contributed by atoms with E-state index in [0.29, 0.717) is 0 Å². The van der Waals surface area contributed by atoms with Crippen LogP contribution in [0.4, 0.5) is 0 Å². The molecule has 0 aliphatic heterocycles. The van der Waals surface area contributed by atoms with Crippen molar-refractivity contribution >= 4 is 24.8 Å². The van der Waals surface area contributed by atoms with Crippen LogP contribution in [0.2, 0.25) is 0 Å². The zero-order valence-corrected chi connectivity index (χ0v) is 13.0. The Labute approximate surface area is 115 Å². The Hall–Kier alpha value is 2.03. The quantitative estimate of drug-likeness (QED) is 0.308. The second-order valence-corrected chi connectivity index (χ2v) is 2.25. The van der Waals surface area contributed by atoms with Gasteiger partial charge in [-0.15, -0.1) is 0 Å². The van der Waals surface area contributed by atoms with Crippen molar-refractivity contribution < 1.29 is 91.2 Å². The summed E-state index contributed by atoms with van der Waals surface area (Å²) in [5.74, 6) is 0. The summed E-state index contributed by atoms with van der Waals surface area (Å²) in [5, 5.41) is 0. The van der Waals surface area contributed by atoms with Gasteiger partial charge in [0.1, 0.15) is 0 Å². The molecule has 0 unspecified atom stereocenters. The third-order valence-corrected chi connectivity index (χ3v) is 0. The Morgan fingerprint density at radius 1 is 0.571 bits per heavy atom. The first-order valence-corrected chi connectivity index (χ1v) is 5.51. The minimum absolute atomic E-state index is 0. The van der Waals surface area contributed by atoms with E-state index in [-0.39, 0.29) is 48.1 Å². The van der Waals surface area contributed by atoms with Crippen molar-refractivity contribution in [3.05, 3.63) is 0 Å². The summed E-state index contributed by atoms with van der Waals surface area (Å²) in [6.45, 7) is 0. The van der Waals surface area contributed by atoms with Gasteiger partial charge in [0.25, 0.3) is 0 Å².